The lowest BCUT2D eigenvalue weighted by molar-refractivity contribution is -0.164. The molecule has 0 spiro atoms. The summed E-state index contributed by atoms with van der Waals surface area (Å²) >= 11 is 0. The van der Waals surface area contributed by atoms with E-state index >= 15 is 0 Å². The van der Waals surface area contributed by atoms with E-state index in [9.17, 15) is 27.5 Å². The summed E-state index contributed by atoms with van der Waals surface area (Å²) in [6, 6.07) is 13.4. The van der Waals surface area contributed by atoms with E-state index in [4.69, 9.17) is 4.74 Å². The minimum absolute atomic E-state index is 0.0426. The minimum atomic E-state index is -3.47. The largest absolute Gasteiger partial charge is 0.489 e. The van der Waals surface area contributed by atoms with Crippen LogP contribution in [0.4, 0.5) is 17.6 Å². The van der Waals surface area contributed by atoms with Crippen LogP contribution in [0.3, 0.4) is 0 Å². The first-order valence-electron chi connectivity index (χ1n) is 9.64. The zero-order chi connectivity index (χ0) is 22.8. The molecule has 0 saturated carbocycles. The molecule has 1 N–H and O–H groups in total. The second-order valence-electron chi connectivity index (χ2n) is 7.57. The molecular formula is C22H22F4N2O3. The van der Waals surface area contributed by atoms with Gasteiger partial charge in [0.25, 0.3) is 18.8 Å². The number of ether oxygens (including phenoxy) is 1. The number of benzene rings is 2. The molecule has 0 aromatic heterocycles. The molecule has 1 atom stereocenters. The summed E-state index contributed by atoms with van der Waals surface area (Å²) < 4.78 is 58.1. The fraction of sp³-hybridized carbons (Fsp3) is 0.364. The molecule has 9 heteroatoms. The number of halogens is 4. The summed E-state index contributed by atoms with van der Waals surface area (Å²) in [5.74, 6) is -0.0359. The summed E-state index contributed by atoms with van der Waals surface area (Å²) in [4.78, 5) is 12.6. The van der Waals surface area contributed by atoms with Crippen molar-refractivity contribution in [1.29, 1.82) is 0 Å². The number of amides is 1. The van der Waals surface area contributed by atoms with E-state index in [2.05, 4.69) is 18.9 Å². The van der Waals surface area contributed by atoms with Gasteiger partial charge in [0.15, 0.2) is 0 Å². The molecule has 1 aliphatic heterocycles. The van der Waals surface area contributed by atoms with Gasteiger partial charge in [-0.15, -0.1) is 0 Å². The van der Waals surface area contributed by atoms with E-state index < -0.39 is 36.6 Å². The van der Waals surface area contributed by atoms with Crippen LogP contribution >= 0.6 is 0 Å². The van der Waals surface area contributed by atoms with Crippen molar-refractivity contribution in [2.45, 2.75) is 51.4 Å². The Kier molecular flexibility index (Phi) is 6.64. The van der Waals surface area contributed by atoms with Crippen molar-refractivity contribution in [3.05, 3.63) is 65.2 Å². The first-order chi connectivity index (χ1) is 14.6. The molecular weight excluding hydrogens is 416 g/mol. The molecule has 166 valence electrons. The van der Waals surface area contributed by atoms with Gasteiger partial charge in [-0.1, -0.05) is 38.1 Å². The van der Waals surface area contributed by atoms with Gasteiger partial charge in [0.1, 0.15) is 18.1 Å². The fourth-order valence-corrected chi connectivity index (χ4v) is 3.08. The molecule has 31 heavy (non-hydrogen) atoms. The van der Waals surface area contributed by atoms with Crippen LogP contribution in [0, 0.1) is 0 Å². The Morgan fingerprint density at radius 1 is 1.10 bits per heavy atom. The van der Waals surface area contributed by atoms with Gasteiger partial charge in [-0.3, -0.25) is 4.79 Å². The topological polar surface area (TPSA) is 62.1 Å². The van der Waals surface area contributed by atoms with Gasteiger partial charge in [-0.25, -0.2) is 17.6 Å². The van der Waals surface area contributed by atoms with Crippen molar-refractivity contribution in [2.24, 2.45) is 5.10 Å². The van der Waals surface area contributed by atoms with Crippen LogP contribution in [0.5, 0.6) is 5.75 Å². The predicted molar refractivity (Wildman–Crippen MR) is 106 cm³/mol. The fourth-order valence-electron chi connectivity index (χ4n) is 3.08. The van der Waals surface area contributed by atoms with E-state index in [0.29, 0.717) is 17.2 Å². The summed E-state index contributed by atoms with van der Waals surface area (Å²) in [5, 5.41) is 13.4. The Labute approximate surface area is 176 Å². The second kappa shape index (κ2) is 9.05. The molecule has 0 fully saturated rings. The third-order valence-corrected chi connectivity index (χ3v) is 4.98. The van der Waals surface area contributed by atoms with Gasteiger partial charge >= 0.3 is 0 Å². The third-order valence-electron chi connectivity index (χ3n) is 4.98. The highest BCUT2D eigenvalue weighted by molar-refractivity contribution is 5.99. The highest BCUT2D eigenvalue weighted by Gasteiger charge is 2.53. The zero-order valence-corrected chi connectivity index (χ0v) is 16.9. The highest BCUT2D eigenvalue weighted by atomic mass is 19.3. The van der Waals surface area contributed by atoms with Crippen molar-refractivity contribution in [2.75, 3.05) is 0 Å². The highest BCUT2D eigenvalue weighted by Crippen LogP contribution is 2.34. The normalized spacial score (nSPS) is 18.8. The van der Waals surface area contributed by atoms with Crippen LogP contribution in [0.25, 0.3) is 0 Å². The monoisotopic (exact) mass is 438 g/mol. The Morgan fingerprint density at radius 3 is 2.23 bits per heavy atom. The molecule has 1 aliphatic rings. The zero-order valence-electron chi connectivity index (χ0n) is 16.9. The third kappa shape index (κ3) is 4.87. The second-order valence-corrected chi connectivity index (χ2v) is 7.57. The van der Waals surface area contributed by atoms with Crippen LogP contribution in [0.2, 0.25) is 0 Å². The number of hydrogen-bond acceptors (Lipinski definition) is 4. The molecule has 0 bridgehead atoms. The number of aliphatic hydroxyl groups is 1. The molecule has 3 rings (SSSR count). The maximum atomic E-state index is 13.3. The van der Waals surface area contributed by atoms with E-state index in [1.165, 1.54) is 17.7 Å². The molecule has 1 heterocycles. The quantitative estimate of drug-likeness (QED) is 0.631. The van der Waals surface area contributed by atoms with Gasteiger partial charge < -0.3 is 9.84 Å². The van der Waals surface area contributed by atoms with E-state index in [-0.39, 0.29) is 17.2 Å². The molecule has 1 unspecified atom stereocenters. The average molecular weight is 438 g/mol. The predicted octanol–water partition coefficient (Wildman–Crippen LogP) is 4.81. The molecule has 5 nitrogen and oxygen atoms in total. The lowest BCUT2D eigenvalue weighted by Crippen LogP contribution is -2.51. The van der Waals surface area contributed by atoms with Crippen LogP contribution in [0.1, 0.15) is 47.7 Å². The summed E-state index contributed by atoms with van der Waals surface area (Å²) in [6.45, 7) is 4.37. The SMILES string of the molecule is CC(C)c1ccc(OCc2ccc(C(=O)N3N=C(C(F)F)CC3(O)C(F)F)cc2)cc1. The van der Waals surface area contributed by atoms with Crippen LogP contribution in [-0.4, -0.2) is 40.3 Å². The van der Waals surface area contributed by atoms with Crippen LogP contribution < -0.4 is 4.74 Å². The molecule has 1 amide bonds. The Morgan fingerprint density at radius 2 is 1.71 bits per heavy atom. The van der Waals surface area contributed by atoms with Crippen molar-refractivity contribution >= 4 is 11.6 Å². The minimum Gasteiger partial charge on any atom is -0.489 e. The van der Waals surface area contributed by atoms with Gasteiger partial charge in [0, 0.05) is 12.0 Å². The number of hydrazone groups is 1. The number of alkyl halides is 4. The molecule has 0 saturated heterocycles. The van der Waals surface area contributed by atoms with E-state index in [0.717, 1.165) is 0 Å². The van der Waals surface area contributed by atoms with Crippen molar-refractivity contribution in [3.63, 3.8) is 0 Å². The molecule has 2 aromatic carbocycles. The maximum Gasteiger partial charge on any atom is 0.287 e. The molecule has 0 radical (unpaired) electrons. The van der Waals surface area contributed by atoms with Crippen molar-refractivity contribution in [1.82, 2.24) is 5.01 Å². The first-order valence-corrected chi connectivity index (χ1v) is 9.64. The van der Waals surface area contributed by atoms with E-state index in [1.807, 2.05) is 24.3 Å². The van der Waals surface area contributed by atoms with E-state index in [1.54, 1.807) is 12.1 Å². The smallest absolute Gasteiger partial charge is 0.287 e. The first kappa shape index (κ1) is 22.7. The van der Waals surface area contributed by atoms with Crippen molar-refractivity contribution < 1.29 is 32.2 Å². The van der Waals surface area contributed by atoms with Gasteiger partial charge in [-0.05, 0) is 41.3 Å². The standard InChI is InChI=1S/C22H22F4N2O3/c1-13(2)15-7-9-17(10-8-15)31-12-14-3-5-16(6-4-14)20(29)28-22(30,21(25)26)11-18(27-28)19(23)24/h3-10,13,19,21,30H,11-12H2,1-2H3. The number of carbonyl (C=O) groups is 1. The van der Waals surface area contributed by atoms with Gasteiger partial charge in [0.2, 0.25) is 5.72 Å². The Bertz CT molecular complexity index is 946. The maximum absolute atomic E-state index is 13.3. The van der Waals surface area contributed by atoms with Crippen LogP contribution in [-0.2, 0) is 6.61 Å². The van der Waals surface area contributed by atoms with Crippen LogP contribution in [0.15, 0.2) is 53.6 Å². The van der Waals surface area contributed by atoms with Gasteiger partial charge in [0.05, 0.1) is 0 Å². The summed E-state index contributed by atoms with van der Waals surface area (Å²) in [5.41, 5.74) is -2.27. The molecule has 0 aliphatic carbocycles. The number of rotatable bonds is 7. The Balaban J connectivity index is 1.69. The number of carbonyl (C=O) groups excluding carboxylic acids is 1. The average Bonchev–Trinajstić information content (AvgIpc) is 3.12. The van der Waals surface area contributed by atoms with Gasteiger partial charge in [-0.2, -0.15) is 10.1 Å². The summed E-state index contributed by atoms with van der Waals surface area (Å²) in [7, 11) is 0. The lowest BCUT2D eigenvalue weighted by Gasteiger charge is -2.30. The van der Waals surface area contributed by atoms with Crippen molar-refractivity contribution in [3.8, 4) is 5.75 Å². The summed E-state index contributed by atoms with van der Waals surface area (Å²) in [6.07, 6.45) is -7.74. The Hall–Kier alpha value is -2.94. The molecule has 2 aromatic rings. The number of hydrogen-bond donors (Lipinski definition) is 1. The number of nitrogens with zero attached hydrogens (tertiary/aromatic N) is 2. The lowest BCUT2D eigenvalue weighted by atomic mass is 10.0.